The highest BCUT2D eigenvalue weighted by Crippen LogP contribution is 2.43. The Morgan fingerprint density at radius 2 is 0.783 bits per heavy atom. The van der Waals surface area contributed by atoms with Gasteiger partial charge in [0.15, 0.2) is 0 Å². The summed E-state index contributed by atoms with van der Waals surface area (Å²) in [4.78, 5) is 59.1. The Morgan fingerprint density at radius 1 is 0.478 bits per heavy atom. The van der Waals surface area contributed by atoms with E-state index in [0.29, 0.717) is 44.4 Å². The van der Waals surface area contributed by atoms with E-state index in [9.17, 15) is 19.2 Å². The lowest BCUT2D eigenvalue weighted by Crippen LogP contribution is -2.44. The molecular weight excluding hydrogens is 572 g/mol. The first-order chi connectivity index (χ1) is 22.2. The van der Waals surface area contributed by atoms with E-state index in [2.05, 4.69) is 24.3 Å². The van der Waals surface area contributed by atoms with Crippen LogP contribution in [0.2, 0.25) is 0 Å². The molecular formula is C40H30N2O4. The third kappa shape index (κ3) is 3.83. The average molecular weight is 603 g/mol. The SMILES string of the molecule is Cc1cc(C2=CC=CC2)cc(C)c1N1C(=O)c2ccc3c4c(ccc(c24)C1=O)C(=O)N(c1c(C)cc(C2=CC=CC2)cc1C)C3=O. The number of allylic oxidation sites excluding steroid dienone is 8. The maximum absolute atomic E-state index is 14.2. The number of hydrogen-bond acceptors (Lipinski definition) is 4. The number of imide groups is 2. The van der Waals surface area contributed by atoms with Gasteiger partial charge in [-0.15, -0.1) is 0 Å². The van der Waals surface area contributed by atoms with E-state index in [1.54, 1.807) is 24.3 Å². The van der Waals surface area contributed by atoms with Gasteiger partial charge in [-0.25, -0.2) is 9.80 Å². The molecule has 46 heavy (non-hydrogen) atoms. The van der Waals surface area contributed by atoms with Gasteiger partial charge in [-0.3, -0.25) is 19.2 Å². The first-order valence-corrected chi connectivity index (χ1v) is 15.5. The molecule has 6 heteroatoms. The first-order valence-electron chi connectivity index (χ1n) is 15.5. The van der Waals surface area contributed by atoms with Crippen molar-refractivity contribution in [3.8, 4) is 0 Å². The third-order valence-corrected chi connectivity index (χ3v) is 9.61. The summed E-state index contributed by atoms with van der Waals surface area (Å²) >= 11 is 0. The molecule has 0 spiro atoms. The van der Waals surface area contributed by atoms with Crippen molar-refractivity contribution in [2.75, 3.05) is 9.80 Å². The van der Waals surface area contributed by atoms with Gasteiger partial charge >= 0.3 is 0 Å². The molecule has 2 aliphatic heterocycles. The van der Waals surface area contributed by atoms with Gasteiger partial charge in [-0.1, -0.05) is 36.5 Å². The van der Waals surface area contributed by atoms with Crippen molar-refractivity contribution < 1.29 is 19.2 Å². The number of carbonyl (C=O) groups is 4. The van der Waals surface area contributed by atoms with E-state index in [0.717, 1.165) is 46.2 Å². The van der Waals surface area contributed by atoms with Gasteiger partial charge in [0.1, 0.15) is 0 Å². The summed E-state index contributed by atoms with van der Waals surface area (Å²) in [7, 11) is 0. The number of nitrogens with zero attached hydrogens (tertiary/aromatic N) is 2. The zero-order chi connectivity index (χ0) is 32.0. The summed E-state index contributed by atoms with van der Waals surface area (Å²) in [6.07, 6.45) is 14.1. The zero-order valence-corrected chi connectivity index (χ0v) is 26.0. The predicted octanol–water partition coefficient (Wildman–Crippen LogP) is 8.36. The predicted molar refractivity (Wildman–Crippen MR) is 182 cm³/mol. The van der Waals surface area contributed by atoms with Crippen LogP contribution in [-0.4, -0.2) is 23.6 Å². The molecule has 2 aliphatic carbocycles. The van der Waals surface area contributed by atoms with Gasteiger partial charge in [-0.2, -0.15) is 0 Å². The van der Waals surface area contributed by atoms with E-state index < -0.39 is 23.6 Å². The van der Waals surface area contributed by atoms with Gasteiger partial charge in [0.05, 0.1) is 11.4 Å². The molecule has 0 bridgehead atoms. The van der Waals surface area contributed by atoms with E-state index in [-0.39, 0.29) is 0 Å². The maximum atomic E-state index is 14.2. The van der Waals surface area contributed by atoms with Crippen LogP contribution in [0.1, 0.15) is 87.7 Å². The van der Waals surface area contributed by atoms with Crippen molar-refractivity contribution in [3.05, 3.63) is 141 Å². The fourth-order valence-electron chi connectivity index (χ4n) is 7.59. The molecule has 2 heterocycles. The fraction of sp³-hybridized carbons (Fsp3) is 0.150. The Morgan fingerprint density at radius 3 is 1.04 bits per heavy atom. The number of amides is 4. The second-order valence-corrected chi connectivity index (χ2v) is 12.5. The molecule has 4 aliphatic rings. The average Bonchev–Trinajstić information content (AvgIpc) is 3.77. The number of carbonyl (C=O) groups excluding carboxylic acids is 4. The Kier molecular flexibility index (Phi) is 6.03. The molecule has 0 radical (unpaired) electrons. The molecule has 0 aromatic heterocycles. The van der Waals surface area contributed by atoms with Crippen LogP contribution in [0.3, 0.4) is 0 Å². The van der Waals surface area contributed by atoms with Crippen molar-refractivity contribution in [3.63, 3.8) is 0 Å². The molecule has 0 saturated carbocycles. The summed E-state index contributed by atoms with van der Waals surface area (Å²) < 4.78 is 0. The molecule has 0 saturated heterocycles. The van der Waals surface area contributed by atoms with Crippen LogP contribution in [0, 0.1) is 27.7 Å². The molecule has 4 aromatic rings. The van der Waals surface area contributed by atoms with Gasteiger partial charge in [0, 0.05) is 33.0 Å². The molecule has 0 atom stereocenters. The molecule has 224 valence electrons. The highest BCUT2D eigenvalue weighted by Gasteiger charge is 2.42. The summed E-state index contributed by atoms with van der Waals surface area (Å²) in [6.45, 7) is 7.65. The highest BCUT2D eigenvalue weighted by atomic mass is 16.2. The second kappa shape index (κ2) is 9.94. The van der Waals surface area contributed by atoms with Gasteiger partial charge in [-0.05, 0) is 134 Å². The van der Waals surface area contributed by atoms with Crippen molar-refractivity contribution in [1.29, 1.82) is 0 Å². The number of benzene rings is 4. The summed E-state index contributed by atoms with van der Waals surface area (Å²) in [5.74, 6) is -1.88. The molecule has 0 fully saturated rings. The maximum Gasteiger partial charge on any atom is 0.266 e. The van der Waals surface area contributed by atoms with E-state index in [1.807, 2.05) is 64.1 Å². The number of rotatable bonds is 4. The Hall–Kier alpha value is -5.62. The Bertz CT molecular complexity index is 2000. The number of hydrogen-bond donors (Lipinski definition) is 0. The highest BCUT2D eigenvalue weighted by molar-refractivity contribution is 6.42. The minimum absolute atomic E-state index is 0.296. The summed E-state index contributed by atoms with van der Waals surface area (Å²) in [5.41, 5.74) is 10.1. The van der Waals surface area contributed by atoms with Gasteiger partial charge < -0.3 is 0 Å². The van der Waals surface area contributed by atoms with Crippen LogP contribution in [0.4, 0.5) is 11.4 Å². The van der Waals surface area contributed by atoms with Crippen molar-refractivity contribution in [1.82, 2.24) is 0 Å². The normalized spacial score (nSPS) is 16.7. The van der Waals surface area contributed by atoms with Crippen LogP contribution in [0.5, 0.6) is 0 Å². The number of anilines is 2. The minimum Gasteiger partial charge on any atom is -0.268 e. The van der Waals surface area contributed by atoms with Gasteiger partial charge in [0.2, 0.25) is 0 Å². The zero-order valence-electron chi connectivity index (χ0n) is 26.0. The van der Waals surface area contributed by atoms with Crippen LogP contribution in [0.15, 0.2) is 85.0 Å². The Balaban J connectivity index is 1.23. The van der Waals surface area contributed by atoms with Crippen molar-refractivity contribution in [2.24, 2.45) is 0 Å². The molecule has 4 aromatic carbocycles. The molecule has 4 amide bonds. The molecule has 0 N–H and O–H groups in total. The van der Waals surface area contributed by atoms with E-state index >= 15 is 0 Å². The topological polar surface area (TPSA) is 74.8 Å². The second-order valence-electron chi connectivity index (χ2n) is 12.5. The summed E-state index contributed by atoms with van der Waals surface area (Å²) in [6, 6.07) is 14.5. The monoisotopic (exact) mass is 602 g/mol. The third-order valence-electron chi connectivity index (χ3n) is 9.61. The lowest BCUT2D eigenvalue weighted by molar-refractivity contribution is 0.0872. The lowest BCUT2D eigenvalue weighted by atomic mass is 9.85. The van der Waals surface area contributed by atoms with Crippen LogP contribution in [-0.2, 0) is 0 Å². The van der Waals surface area contributed by atoms with Gasteiger partial charge in [0.25, 0.3) is 23.6 Å². The lowest BCUT2D eigenvalue weighted by Gasteiger charge is -2.34. The van der Waals surface area contributed by atoms with Crippen molar-refractivity contribution in [2.45, 2.75) is 40.5 Å². The number of aryl methyl sites for hydroxylation is 4. The standard InChI is InChI=1S/C40H30N2O4/c1-21-17-27(25-9-5-6-10-25)18-22(2)35(21)41-37(43)29-13-15-31-34-32(16-14-30(33(29)34)38(41)44)40(46)42(39(31)45)36-23(3)19-28(20-24(36)4)26-11-7-8-12-26/h5-9,11,13-20H,10,12H2,1-4H3. The van der Waals surface area contributed by atoms with Crippen LogP contribution < -0.4 is 9.80 Å². The van der Waals surface area contributed by atoms with E-state index in [1.165, 1.54) is 20.9 Å². The molecule has 8 rings (SSSR count). The minimum atomic E-state index is -0.470. The largest absolute Gasteiger partial charge is 0.268 e. The first kappa shape index (κ1) is 27.9. The van der Waals surface area contributed by atoms with E-state index in [4.69, 9.17) is 0 Å². The summed E-state index contributed by atoms with van der Waals surface area (Å²) in [5, 5.41) is 0.724. The van der Waals surface area contributed by atoms with Crippen LogP contribution in [0.25, 0.3) is 21.9 Å². The smallest absolute Gasteiger partial charge is 0.266 e. The quantitative estimate of drug-likeness (QED) is 0.220. The Labute approximate surface area is 266 Å². The molecule has 6 nitrogen and oxygen atoms in total. The molecule has 0 unspecified atom stereocenters. The van der Waals surface area contributed by atoms with Crippen LogP contribution >= 0.6 is 0 Å². The van der Waals surface area contributed by atoms with Crippen molar-refractivity contribution >= 4 is 56.9 Å². The fourth-order valence-corrected chi connectivity index (χ4v) is 7.59.